The molecule has 2 N–H and O–H groups in total. The summed E-state index contributed by atoms with van der Waals surface area (Å²) in [7, 11) is 0. The SMILES string of the molecule is CC(=O)N1CCN(Cc2ccc3[nH]c(-c4cc5cc(-n6nccn6)ccc5[nH]c4=O)cc3c2)CC1. The van der Waals surface area contributed by atoms with Gasteiger partial charge in [0.2, 0.25) is 5.91 Å². The lowest BCUT2D eigenvalue weighted by atomic mass is 10.1. The quantitative estimate of drug-likeness (QED) is 0.423. The van der Waals surface area contributed by atoms with Crippen molar-refractivity contribution in [1.82, 2.24) is 34.8 Å². The first kappa shape index (κ1) is 21.3. The maximum absolute atomic E-state index is 12.9. The fourth-order valence-electron chi connectivity index (χ4n) is 4.77. The van der Waals surface area contributed by atoms with Crippen LogP contribution in [0.15, 0.2) is 65.7 Å². The highest BCUT2D eigenvalue weighted by Gasteiger charge is 2.19. The summed E-state index contributed by atoms with van der Waals surface area (Å²) in [6.45, 7) is 5.76. The molecule has 9 nitrogen and oxygen atoms in total. The molecular weight excluding hydrogens is 442 g/mol. The Labute approximate surface area is 201 Å². The van der Waals surface area contributed by atoms with Gasteiger partial charge in [-0.05, 0) is 48.0 Å². The third-order valence-corrected chi connectivity index (χ3v) is 6.68. The molecule has 1 aliphatic rings. The second-order valence-electron chi connectivity index (χ2n) is 8.99. The monoisotopic (exact) mass is 467 g/mol. The van der Waals surface area contributed by atoms with Gasteiger partial charge < -0.3 is 14.9 Å². The number of aromatic nitrogens is 5. The Bertz CT molecular complexity index is 1590. The van der Waals surface area contributed by atoms with E-state index < -0.39 is 0 Å². The number of benzene rings is 2. The van der Waals surface area contributed by atoms with E-state index in [0.717, 1.165) is 65.9 Å². The van der Waals surface area contributed by atoms with Crippen molar-refractivity contribution in [1.29, 1.82) is 0 Å². The van der Waals surface area contributed by atoms with E-state index in [9.17, 15) is 9.59 Å². The Hall–Kier alpha value is -4.24. The lowest BCUT2D eigenvalue weighted by Gasteiger charge is -2.34. The third-order valence-electron chi connectivity index (χ3n) is 6.68. The molecule has 176 valence electrons. The molecule has 0 saturated carbocycles. The summed E-state index contributed by atoms with van der Waals surface area (Å²) in [5.41, 5.74) is 5.00. The molecule has 1 fully saturated rings. The van der Waals surface area contributed by atoms with Crippen LogP contribution in [-0.2, 0) is 11.3 Å². The number of hydrogen-bond acceptors (Lipinski definition) is 5. The smallest absolute Gasteiger partial charge is 0.257 e. The molecule has 1 amide bonds. The molecule has 3 aromatic heterocycles. The molecule has 2 aromatic carbocycles. The van der Waals surface area contributed by atoms with Crippen molar-refractivity contribution in [2.45, 2.75) is 13.5 Å². The Morgan fingerprint density at radius 2 is 1.60 bits per heavy atom. The standard InChI is InChI=1S/C26H25N7O2/c1-17(34)32-10-8-31(9-11-32)16-18-2-4-23-19(12-18)15-25(29-23)22-14-20-13-21(33-27-6-7-28-33)3-5-24(20)30-26(22)35/h2-7,12-15,29H,8-11,16H2,1H3,(H,30,35). The number of H-pyrrole nitrogens is 2. The number of rotatable bonds is 4. The normalized spacial score (nSPS) is 14.7. The van der Waals surface area contributed by atoms with Gasteiger partial charge >= 0.3 is 0 Å². The van der Waals surface area contributed by atoms with E-state index in [1.165, 1.54) is 5.56 Å². The van der Waals surface area contributed by atoms with Crippen molar-refractivity contribution in [2.24, 2.45) is 0 Å². The summed E-state index contributed by atoms with van der Waals surface area (Å²) in [4.78, 5) is 36.7. The van der Waals surface area contributed by atoms with Crippen LogP contribution in [0.3, 0.4) is 0 Å². The van der Waals surface area contributed by atoms with Gasteiger partial charge in [-0.1, -0.05) is 6.07 Å². The minimum atomic E-state index is -0.141. The van der Waals surface area contributed by atoms with Gasteiger partial charge in [-0.2, -0.15) is 15.0 Å². The molecule has 0 atom stereocenters. The van der Waals surface area contributed by atoms with Gasteiger partial charge in [-0.3, -0.25) is 14.5 Å². The lowest BCUT2D eigenvalue weighted by molar-refractivity contribution is -0.130. The lowest BCUT2D eigenvalue weighted by Crippen LogP contribution is -2.47. The Balaban J connectivity index is 1.29. The zero-order valence-corrected chi connectivity index (χ0v) is 19.4. The zero-order chi connectivity index (χ0) is 23.9. The average Bonchev–Trinajstić information content (AvgIpc) is 3.54. The molecule has 4 heterocycles. The van der Waals surface area contributed by atoms with Crippen LogP contribution >= 0.6 is 0 Å². The number of hydrogen-bond donors (Lipinski definition) is 2. The first-order valence-electron chi connectivity index (χ1n) is 11.7. The van der Waals surface area contributed by atoms with Gasteiger partial charge in [-0.25, -0.2) is 0 Å². The number of carbonyl (C=O) groups is 1. The summed E-state index contributed by atoms with van der Waals surface area (Å²) in [6, 6.07) is 16.0. The molecule has 5 aromatic rings. The molecular formula is C26H25N7O2. The largest absolute Gasteiger partial charge is 0.354 e. The van der Waals surface area contributed by atoms with Crippen LogP contribution < -0.4 is 5.56 Å². The predicted octanol–water partition coefficient (Wildman–Crippen LogP) is 2.92. The van der Waals surface area contributed by atoms with Crippen molar-refractivity contribution < 1.29 is 4.79 Å². The van der Waals surface area contributed by atoms with Crippen molar-refractivity contribution in [3.8, 4) is 16.9 Å². The number of amides is 1. The third kappa shape index (κ3) is 4.10. The van der Waals surface area contributed by atoms with Crippen LogP contribution in [0.2, 0.25) is 0 Å². The Morgan fingerprint density at radius 3 is 2.37 bits per heavy atom. The van der Waals surface area contributed by atoms with Crippen molar-refractivity contribution >= 4 is 27.7 Å². The zero-order valence-electron chi connectivity index (χ0n) is 19.4. The van der Waals surface area contributed by atoms with E-state index in [4.69, 9.17) is 0 Å². The van der Waals surface area contributed by atoms with Crippen LogP contribution in [-0.4, -0.2) is 66.8 Å². The summed E-state index contributed by atoms with van der Waals surface area (Å²) in [5, 5.41) is 10.3. The predicted molar refractivity (Wildman–Crippen MR) is 134 cm³/mol. The highest BCUT2D eigenvalue weighted by Crippen LogP contribution is 2.26. The van der Waals surface area contributed by atoms with E-state index in [1.54, 1.807) is 24.1 Å². The molecule has 1 aliphatic heterocycles. The van der Waals surface area contributed by atoms with Crippen LogP contribution in [0.5, 0.6) is 0 Å². The molecule has 0 bridgehead atoms. The maximum atomic E-state index is 12.9. The molecule has 6 rings (SSSR count). The van der Waals surface area contributed by atoms with Crippen LogP contribution in [0.4, 0.5) is 0 Å². The first-order chi connectivity index (χ1) is 17.0. The minimum Gasteiger partial charge on any atom is -0.354 e. The number of aromatic amines is 2. The van der Waals surface area contributed by atoms with Gasteiger partial charge in [0.15, 0.2) is 0 Å². The molecule has 0 spiro atoms. The number of pyridine rings is 1. The van der Waals surface area contributed by atoms with E-state index in [1.807, 2.05) is 35.2 Å². The van der Waals surface area contributed by atoms with Crippen LogP contribution in [0.1, 0.15) is 12.5 Å². The van der Waals surface area contributed by atoms with Crippen molar-refractivity contribution in [3.63, 3.8) is 0 Å². The van der Waals surface area contributed by atoms with Gasteiger partial charge in [0, 0.05) is 61.5 Å². The minimum absolute atomic E-state index is 0.141. The van der Waals surface area contributed by atoms with Gasteiger partial charge in [0.1, 0.15) is 0 Å². The topological polar surface area (TPSA) is 103 Å². The number of carbonyl (C=O) groups excluding carboxylic acids is 1. The first-order valence-corrected chi connectivity index (χ1v) is 11.7. The Kier molecular flexibility index (Phi) is 5.18. The van der Waals surface area contributed by atoms with Crippen LogP contribution in [0.25, 0.3) is 38.8 Å². The number of nitrogens with one attached hydrogen (secondary N) is 2. The fraction of sp³-hybridized carbons (Fsp3) is 0.231. The highest BCUT2D eigenvalue weighted by atomic mass is 16.2. The van der Waals surface area contributed by atoms with E-state index in [2.05, 4.69) is 43.3 Å². The van der Waals surface area contributed by atoms with E-state index in [0.29, 0.717) is 5.56 Å². The summed E-state index contributed by atoms with van der Waals surface area (Å²) >= 11 is 0. The van der Waals surface area contributed by atoms with Crippen molar-refractivity contribution in [3.05, 3.63) is 76.8 Å². The molecule has 0 aliphatic carbocycles. The second kappa shape index (κ2) is 8.52. The molecule has 35 heavy (non-hydrogen) atoms. The van der Waals surface area contributed by atoms with Crippen LogP contribution in [0, 0.1) is 0 Å². The van der Waals surface area contributed by atoms with E-state index in [-0.39, 0.29) is 11.5 Å². The van der Waals surface area contributed by atoms with E-state index >= 15 is 0 Å². The summed E-state index contributed by atoms with van der Waals surface area (Å²) < 4.78 is 0. The number of nitrogens with zero attached hydrogens (tertiary/aromatic N) is 5. The average molecular weight is 468 g/mol. The summed E-state index contributed by atoms with van der Waals surface area (Å²) in [6.07, 6.45) is 3.26. The molecule has 9 heteroatoms. The van der Waals surface area contributed by atoms with Gasteiger partial charge in [0.25, 0.3) is 5.56 Å². The molecule has 0 radical (unpaired) electrons. The second-order valence-corrected chi connectivity index (χ2v) is 8.99. The number of piperazine rings is 1. The summed E-state index contributed by atoms with van der Waals surface area (Å²) in [5.74, 6) is 0.142. The van der Waals surface area contributed by atoms with Gasteiger partial charge in [0.05, 0.1) is 29.3 Å². The Morgan fingerprint density at radius 1 is 0.886 bits per heavy atom. The molecule has 1 saturated heterocycles. The molecule has 0 unspecified atom stereocenters. The fourth-order valence-corrected chi connectivity index (χ4v) is 4.77. The van der Waals surface area contributed by atoms with Crippen molar-refractivity contribution in [2.75, 3.05) is 26.2 Å². The van der Waals surface area contributed by atoms with Gasteiger partial charge in [-0.15, -0.1) is 0 Å². The maximum Gasteiger partial charge on any atom is 0.257 e. The number of fused-ring (bicyclic) bond motifs is 2. The highest BCUT2D eigenvalue weighted by molar-refractivity contribution is 5.89.